The minimum absolute atomic E-state index is 0.723. The zero-order valence-electron chi connectivity index (χ0n) is 32.9. The number of hydrogen-bond acceptors (Lipinski definition) is 2. The predicted molar refractivity (Wildman–Crippen MR) is 204 cm³/mol. The van der Waals surface area contributed by atoms with Crippen LogP contribution in [0.1, 0.15) is 204 Å². The van der Waals surface area contributed by atoms with Gasteiger partial charge in [-0.3, -0.25) is 0 Å². The zero-order valence-corrected chi connectivity index (χ0v) is 32.9. The fourth-order valence-electron chi connectivity index (χ4n) is 7.52. The molecule has 1 rings (SSSR count). The van der Waals surface area contributed by atoms with Crippen LogP contribution < -0.4 is 0 Å². The maximum atomic E-state index is 2.71. The molecule has 4 atom stereocenters. The second kappa shape index (κ2) is 26.3. The van der Waals surface area contributed by atoms with Gasteiger partial charge >= 0.3 is 0 Å². The van der Waals surface area contributed by atoms with Gasteiger partial charge in [-0.1, -0.05) is 178 Å². The van der Waals surface area contributed by atoms with Gasteiger partial charge in [-0.05, 0) is 67.1 Å². The van der Waals surface area contributed by atoms with Crippen LogP contribution in [0.3, 0.4) is 0 Å². The first-order valence-electron chi connectivity index (χ1n) is 20.7. The molecular weight excluding hydrogens is 544 g/mol. The van der Waals surface area contributed by atoms with Gasteiger partial charge in [0.05, 0.1) is 6.67 Å². The van der Waals surface area contributed by atoms with Gasteiger partial charge in [0, 0.05) is 25.0 Å². The molecule has 0 spiro atoms. The van der Waals surface area contributed by atoms with Crippen molar-refractivity contribution in [2.75, 3.05) is 13.2 Å². The summed E-state index contributed by atoms with van der Waals surface area (Å²) in [6, 6.07) is 0.723. The smallest absolute Gasteiger partial charge is 0.0896 e. The topological polar surface area (TPSA) is 6.48 Å². The molecule has 268 valence electrons. The molecule has 45 heavy (non-hydrogen) atoms. The fraction of sp³-hybridized carbons (Fsp3) is 0.953. The Hall–Kier alpha value is -0.660. The third kappa shape index (κ3) is 23.3. The Morgan fingerprint density at radius 3 is 1.38 bits per heavy atom. The normalized spacial score (nSPS) is 17.2. The molecule has 1 aliphatic heterocycles. The second-order valence-electron chi connectivity index (χ2n) is 17.4. The van der Waals surface area contributed by atoms with Crippen LogP contribution in [0.25, 0.3) is 0 Å². The van der Waals surface area contributed by atoms with Crippen molar-refractivity contribution in [3.05, 3.63) is 12.4 Å². The van der Waals surface area contributed by atoms with Crippen LogP contribution in [0, 0.1) is 41.4 Å². The van der Waals surface area contributed by atoms with Crippen molar-refractivity contribution in [2.45, 2.75) is 210 Å². The van der Waals surface area contributed by atoms with Crippen LogP contribution >= 0.6 is 0 Å². The summed E-state index contributed by atoms with van der Waals surface area (Å²) in [5.74, 6) is 6.17. The predicted octanol–water partition coefficient (Wildman–Crippen LogP) is 14.1. The fourth-order valence-corrected chi connectivity index (χ4v) is 7.52. The summed E-state index contributed by atoms with van der Waals surface area (Å²) in [6.45, 7) is 26.5. The van der Waals surface area contributed by atoms with E-state index in [1.165, 1.54) is 141 Å². The highest BCUT2D eigenvalue weighted by molar-refractivity contribution is 4.94. The van der Waals surface area contributed by atoms with E-state index in [1.54, 1.807) is 0 Å². The summed E-state index contributed by atoms with van der Waals surface area (Å²) in [5.41, 5.74) is 0. The van der Waals surface area contributed by atoms with Crippen molar-refractivity contribution >= 4 is 0 Å². The van der Waals surface area contributed by atoms with E-state index in [-0.39, 0.29) is 0 Å². The highest BCUT2D eigenvalue weighted by Gasteiger charge is 2.22. The Morgan fingerprint density at radius 1 is 0.444 bits per heavy atom. The Bertz CT molecular complexity index is 657. The van der Waals surface area contributed by atoms with E-state index in [1.807, 2.05) is 0 Å². The van der Waals surface area contributed by atoms with Crippen LogP contribution in [0.2, 0.25) is 0 Å². The van der Waals surface area contributed by atoms with Gasteiger partial charge in [0.15, 0.2) is 0 Å². The van der Waals surface area contributed by atoms with Crippen LogP contribution in [-0.2, 0) is 0 Å². The molecule has 4 unspecified atom stereocenters. The molecule has 1 heterocycles. The molecule has 0 bridgehead atoms. The highest BCUT2D eigenvalue weighted by atomic mass is 15.3. The van der Waals surface area contributed by atoms with Crippen molar-refractivity contribution in [3.8, 4) is 0 Å². The van der Waals surface area contributed by atoms with Crippen molar-refractivity contribution < 1.29 is 0 Å². The number of rotatable bonds is 30. The summed E-state index contributed by atoms with van der Waals surface area (Å²) in [6.07, 6.45) is 34.5. The first-order chi connectivity index (χ1) is 21.5. The minimum Gasteiger partial charge on any atom is -0.359 e. The molecule has 0 fully saturated rings. The van der Waals surface area contributed by atoms with Crippen molar-refractivity contribution in [1.29, 1.82) is 0 Å². The zero-order chi connectivity index (χ0) is 33.5. The van der Waals surface area contributed by atoms with Gasteiger partial charge in [-0.25, -0.2) is 0 Å². The van der Waals surface area contributed by atoms with E-state index < -0.39 is 0 Å². The molecule has 0 aliphatic carbocycles. The summed E-state index contributed by atoms with van der Waals surface area (Å²) in [4.78, 5) is 5.27. The molecule has 0 aromatic rings. The Morgan fingerprint density at radius 2 is 0.911 bits per heavy atom. The van der Waals surface area contributed by atoms with Gasteiger partial charge in [0.25, 0.3) is 0 Å². The molecule has 0 saturated carbocycles. The third-order valence-corrected chi connectivity index (χ3v) is 11.0. The quantitative estimate of drug-likeness (QED) is 0.0728. The number of unbranched alkanes of at least 4 members (excludes halogenated alkanes) is 2. The molecule has 0 saturated heterocycles. The summed E-state index contributed by atoms with van der Waals surface area (Å²) < 4.78 is 0. The Kier molecular flexibility index (Phi) is 24.8. The van der Waals surface area contributed by atoms with Gasteiger partial charge in [0.1, 0.15) is 0 Å². The Labute approximate surface area is 286 Å². The lowest BCUT2D eigenvalue weighted by Gasteiger charge is -2.31. The maximum absolute atomic E-state index is 2.71. The summed E-state index contributed by atoms with van der Waals surface area (Å²) in [5, 5.41) is 0. The van der Waals surface area contributed by atoms with Gasteiger partial charge in [-0.15, -0.1) is 0 Å². The maximum Gasteiger partial charge on any atom is 0.0896 e. The molecule has 0 aromatic heterocycles. The average Bonchev–Trinajstić information content (AvgIpc) is 3.44. The summed E-state index contributed by atoms with van der Waals surface area (Å²) >= 11 is 0. The lowest BCUT2D eigenvalue weighted by Crippen LogP contribution is -2.34. The number of hydrogen-bond donors (Lipinski definition) is 0. The Balaban J connectivity index is 2.65. The first kappa shape index (κ1) is 42.4. The lowest BCUT2D eigenvalue weighted by atomic mass is 9.84. The van der Waals surface area contributed by atoms with Crippen LogP contribution in [0.4, 0.5) is 0 Å². The molecule has 2 nitrogen and oxygen atoms in total. The molecule has 0 amide bonds. The standard InChI is InChI=1S/C43H86N2/c1-11-12-32-44-33-34-45(35-44)43(31-28-41(10)23-17-20-38(6)7)25-14-13-24-42(29-26-39(8)21-15-18-36(2)3)30-27-40(9)22-16-19-37(4)5/h33-34,36-43H,11-32,35H2,1-10H3. The highest BCUT2D eigenvalue weighted by Crippen LogP contribution is 2.30. The molecule has 0 N–H and O–H groups in total. The second-order valence-corrected chi connectivity index (χ2v) is 17.4. The molecule has 2 heteroatoms. The molecule has 0 radical (unpaired) electrons. The van der Waals surface area contributed by atoms with E-state index in [0.29, 0.717) is 0 Å². The monoisotopic (exact) mass is 631 g/mol. The van der Waals surface area contributed by atoms with Crippen LogP contribution in [0.5, 0.6) is 0 Å². The first-order valence-corrected chi connectivity index (χ1v) is 20.7. The molecular formula is C43H86N2. The van der Waals surface area contributed by atoms with Crippen LogP contribution in [-0.4, -0.2) is 29.1 Å². The van der Waals surface area contributed by atoms with E-state index in [4.69, 9.17) is 0 Å². The van der Waals surface area contributed by atoms with Gasteiger partial charge in [-0.2, -0.15) is 0 Å². The van der Waals surface area contributed by atoms with Crippen molar-refractivity contribution in [1.82, 2.24) is 9.80 Å². The number of nitrogens with zero attached hydrogens (tertiary/aromatic N) is 2. The molecule has 0 aromatic carbocycles. The van der Waals surface area contributed by atoms with E-state index in [0.717, 1.165) is 54.1 Å². The largest absolute Gasteiger partial charge is 0.359 e. The van der Waals surface area contributed by atoms with E-state index in [9.17, 15) is 0 Å². The van der Waals surface area contributed by atoms with E-state index in [2.05, 4.69) is 91.4 Å². The van der Waals surface area contributed by atoms with Crippen molar-refractivity contribution in [3.63, 3.8) is 0 Å². The SMILES string of the molecule is CCCCN1C=CN(C(CCCCC(CCC(C)CCCC(C)C)CCC(C)CCCC(C)C)CCC(C)CCCC(C)C)C1. The van der Waals surface area contributed by atoms with Crippen molar-refractivity contribution in [2.24, 2.45) is 41.4 Å². The van der Waals surface area contributed by atoms with Gasteiger partial charge in [0.2, 0.25) is 0 Å². The third-order valence-electron chi connectivity index (χ3n) is 11.0. The van der Waals surface area contributed by atoms with Crippen LogP contribution in [0.15, 0.2) is 12.4 Å². The summed E-state index contributed by atoms with van der Waals surface area (Å²) in [7, 11) is 0. The molecule has 1 aliphatic rings. The average molecular weight is 631 g/mol. The van der Waals surface area contributed by atoms with E-state index >= 15 is 0 Å². The lowest BCUT2D eigenvalue weighted by molar-refractivity contribution is 0.182. The minimum atomic E-state index is 0.723. The van der Waals surface area contributed by atoms with Gasteiger partial charge < -0.3 is 9.80 Å².